The van der Waals surface area contributed by atoms with E-state index < -0.39 is 0 Å². The average molecular weight is 351 g/mol. The van der Waals surface area contributed by atoms with Crippen molar-refractivity contribution in [2.24, 2.45) is 5.92 Å². The van der Waals surface area contributed by atoms with Gasteiger partial charge in [0.05, 0.1) is 6.04 Å². The van der Waals surface area contributed by atoms with Crippen LogP contribution >= 0.6 is 0 Å². The smallest absolute Gasteiger partial charge is 0.258 e. The first-order valence-electron chi connectivity index (χ1n) is 9.70. The molecule has 3 nitrogen and oxygen atoms in total. The number of carbonyl (C=O) groups excluding carboxylic acids is 1. The third-order valence-electron chi connectivity index (χ3n) is 4.93. The van der Waals surface area contributed by atoms with Gasteiger partial charge in [-0.2, -0.15) is 0 Å². The zero-order valence-electron chi connectivity index (χ0n) is 15.8. The van der Waals surface area contributed by atoms with Crippen molar-refractivity contribution in [1.29, 1.82) is 0 Å². The van der Waals surface area contributed by atoms with E-state index in [9.17, 15) is 4.79 Å². The van der Waals surface area contributed by atoms with Gasteiger partial charge in [0.15, 0.2) is 6.61 Å². The van der Waals surface area contributed by atoms with Crippen LogP contribution in [0, 0.1) is 5.92 Å². The molecule has 2 aromatic carbocycles. The summed E-state index contributed by atoms with van der Waals surface area (Å²) in [7, 11) is 0. The number of aryl methyl sites for hydroxylation is 2. The van der Waals surface area contributed by atoms with Gasteiger partial charge >= 0.3 is 0 Å². The Morgan fingerprint density at radius 3 is 2.50 bits per heavy atom. The molecule has 0 aromatic heterocycles. The number of hydrogen-bond donors (Lipinski definition) is 1. The number of hydrogen-bond acceptors (Lipinski definition) is 2. The quantitative estimate of drug-likeness (QED) is 0.774. The standard InChI is InChI=1S/C23H29NO2/c1-17(2)14-22(19-9-4-3-5-10-19)24-23(25)16-26-21-13-12-18-8-6-7-11-20(18)15-21/h3-5,9-10,12-13,15,17,22H,6-8,11,14,16H2,1-2H3,(H,24,25)/t22-/m1/s1. The SMILES string of the molecule is CC(C)C[C@@H](NC(=O)COc1ccc2c(c1)CCCC2)c1ccccc1. The van der Waals surface area contributed by atoms with Gasteiger partial charge in [-0.3, -0.25) is 4.79 Å². The van der Waals surface area contributed by atoms with E-state index in [2.05, 4.69) is 43.4 Å². The van der Waals surface area contributed by atoms with Crippen molar-refractivity contribution in [3.8, 4) is 5.75 Å². The minimum absolute atomic E-state index is 0.0239. The van der Waals surface area contributed by atoms with E-state index in [1.165, 1.54) is 24.0 Å². The highest BCUT2D eigenvalue weighted by atomic mass is 16.5. The molecule has 0 aliphatic heterocycles. The van der Waals surface area contributed by atoms with Crippen LogP contribution in [0.5, 0.6) is 5.75 Å². The van der Waals surface area contributed by atoms with Crippen LogP contribution in [0.25, 0.3) is 0 Å². The summed E-state index contributed by atoms with van der Waals surface area (Å²) in [4.78, 5) is 12.4. The highest BCUT2D eigenvalue weighted by Gasteiger charge is 2.17. The Labute approximate surface area is 156 Å². The Hall–Kier alpha value is -2.29. The number of carbonyl (C=O) groups is 1. The summed E-state index contributed by atoms with van der Waals surface area (Å²) in [5, 5.41) is 3.13. The molecule has 26 heavy (non-hydrogen) atoms. The Balaban J connectivity index is 1.58. The second-order valence-corrected chi connectivity index (χ2v) is 7.59. The van der Waals surface area contributed by atoms with Crippen LogP contribution in [0.15, 0.2) is 48.5 Å². The van der Waals surface area contributed by atoms with Gasteiger partial charge in [0.2, 0.25) is 0 Å². The molecule has 0 saturated heterocycles. The number of ether oxygens (including phenoxy) is 1. The van der Waals surface area contributed by atoms with E-state index >= 15 is 0 Å². The first kappa shape index (κ1) is 18.5. The molecule has 0 fully saturated rings. The molecule has 0 bridgehead atoms. The molecule has 3 heteroatoms. The Bertz CT molecular complexity index is 724. The molecule has 0 radical (unpaired) electrons. The lowest BCUT2D eigenvalue weighted by Crippen LogP contribution is -2.33. The van der Waals surface area contributed by atoms with Crippen molar-refractivity contribution in [3.05, 3.63) is 65.2 Å². The van der Waals surface area contributed by atoms with Crippen LogP contribution in [-0.2, 0) is 17.6 Å². The third kappa shape index (κ3) is 5.10. The van der Waals surface area contributed by atoms with E-state index in [1.807, 2.05) is 24.3 Å². The van der Waals surface area contributed by atoms with E-state index in [-0.39, 0.29) is 18.6 Å². The second-order valence-electron chi connectivity index (χ2n) is 7.59. The van der Waals surface area contributed by atoms with Crippen molar-refractivity contribution < 1.29 is 9.53 Å². The van der Waals surface area contributed by atoms with E-state index in [0.717, 1.165) is 30.6 Å². The zero-order chi connectivity index (χ0) is 18.4. The summed E-state index contributed by atoms with van der Waals surface area (Å²) >= 11 is 0. The zero-order valence-corrected chi connectivity index (χ0v) is 15.8. The fourth-order valence-electron chi connectivity index (χ4n) is 3.62. The van der Waals surface area contributed by atoms with Gasteiger partial charge in [-0.25, -0.2) is 0 Å². The van der Waals surface area contributed by atoms with E-state index in [1.54, 1.807) is 0 Å². The Morgan fingerprint density at radius 1 is 1.04 bits per heavy atom. The fraction of sp³-hybridized carbons (Fsp3) is 0.435. The molecule has 1 aliphatic carbocycles. The maximum atomic E-state index is 12.4. The maximum Gasteiger partial charge on any atom is 0.258 e. The van der Waals surface area contributed by atoms with Crippen LogP contribution in [0.2, 0.25) is 0 Å². The molecule has 3 rings (SSSR count). The summed E-state index contributed by atoms with van der Waals surface area (Å²) in [5.74, 6) is 1.22. The highest BCUT2D eigenvalue weighted by molar-refractivity contribution is 5.78. The molecule has 1 atom stereocenters. The minimum atomic E-state index is -0.0720. The van der Waals surface area contributed by atoms with Gasteiger partial charge in [0.25, 0.3) is 5.91 Å². The molecule has 0 unspecified atom stereocenters. The molecular weight excluding hydrogens is 322 g/mol. The predicted octanol–water partition coefficient (Wildman–Crippen LogP) is 4.85. The van der Waals surface area contributed by atoms with Gasteiger partial charge in [-0.05, 0) is 66.8 Å². The number of rotatable bonds is 7. The monoisotopic (exact) mass is 351 g/mol. The molecule has 0 heterocycles. The predicted molar refractivity (Wildman–Crippen MR) is 105 cm³/mol. The fourth-order valence-corrected chi connectivity index (χ4v) is 3.62. The molecular formula is C23H29NO2. The maximum absolute atomic E-state index is 12.4. The summed E-state index contributed by atoms with van der Waals surface area (Å²) in [6.07, 6.45) is 5.69. The van der Waals surface area contributed by atoms with Crippen molar-refractivity contribution >= 4 is 5.91 Å². The molecule has 1 N–H and O–H groups in total. The summed E-state index contributed by atoms with van der Waals surface area (Å²) in [6, 6.07) is 16.4. The molecule has 1 amide bonds. The van der Waals surface area contributed by atoms with Gasteiger partial charge in [-0.15, -0.1) is 0 Å². The molecule has 138 valence electrons. The molecule has 1 aliphatic rings. The average Bonchev–Trinajstić information content (AvgIpc) is 2.66. The van der Waals surface area contributed by atoms with Gasteiger partial charge in [0.1, 0.15) is 5.75 Å². The molecule has 2 aromatic rings. The Kier molecular flexibility index (Phi) is 6.32. The largest absolute Gasteiger partial charge is 0.484 e. The highest BCUT2D eigenvalue weighted by Crippen LogP contribution is 2.25. The van der Waals surface area contributed by atoms with Crippen molar-refractivity contribution in [2.45, 2.75) is 52.0 Å². The molecule has 0 saturated carbocycles. The second kappa shape index (κ2) is 8.88. The lowest BCUT2D eigenvalue weighted by Gasteiger charge is -2.21. The van der Waals surface area contributed by atoms with Crippen molar-refractivity contribution in [1.82, 2.24) is 5.32 Å². The van der Waals surface area contributed by atoms with Gasteiger partial charge in [-0.1, -0.05) is 50.2 Å². The van der Waals surface area contributed by atoms with Gasteiger partial charge in [0, 0.05) is 0 Å². The van der Waals surface area contributed by atoms with Gasteiger partial charge < -0.3 is 10.1 Å². The van der Waals surface area contributed by atoms with Crippen molar-refractivity contribution in [3.63, 3.8) is 0 Å². The van der Waals surface area contributed by atoms with E-state index in [4.69, 9.17) is 4.74 Å². The van der Waals surface area contributed by atoms with E-state index in [0.29, 0.717) is 5.92 Å². The van der Waals surface area contributed by atoms with Crippen LogP contribution in [0.1, 0.15) is 55.8 Å². The first-order valence-corrected chi connectivity index (χ1v) is 9.70. The van der Waals surface area contributed by atoms with Crippen molar-refractivity contribution in [2.75, 3.05) is 6.61 Å². The number of amides is 1. The van der Waals surface area contributed by atoms with Crippen LogP contribution < -0.4 is 10.1 Å². The van der Waals surface area contributed by atoms with Crippen LogP contribution in [0.3, 0.4) is 0 Å². The van der Waals surface area contributed by atoms with Crippen LogP contribution in [-0.4, -0.2) is 12.5 Å². The lowest BCUT2D eigenvalue weighted by atomic mass is 9.92. The summed E-state index contributed by atoms with van der Waals surface area (Å²) < 4.78 is 5.76. The van der Waals surface area contributed by atoms with Crippen LogP contribution in [0.4, 0.5) is 0 Å². The lowest BCUT2D eigenvalue weighted by molar-refractivity contribution is -0.124. The molecule has 0 spiro atoms. The minimum Gasteiger partial charge on any atom is -0.484 e. The first-order chi connectivity index (χ1) is 12.6. The number of benzene rings is 2. The third-order valence-corrected chi connectivity index (χ3v) is 4.93. The summed E-state index contributed by atoms with van der Waals surface area (Å²) in [5.41, 5.74) is 3.94. The topological polar surface area (TPSA) is 38.3 Å². The Morgan fingerprint density at radius 2 is 1.77 bits per heavy atom. The normalized spacial score (nSPS) is 14.6. The number of fused-ring (bicyclic) bond motifs is 1. The number of nitrogens with one attached hydrogen (secondary N) is 1. The summed E-state index contributed by atoms with van der Waals surface area (Å²) in [6.45, 7) is 4.40.